The number of aromatic nitrogens is 1. The van der Waals surface area contributed by atoms with E-state index in [1.807, 2.05) is 7.05 Å². The number of nitrogens with one attached hydrogen (secondary N) is 1. The molecule has 0 atom stereocenters. The van der Waals surface area contributed by atoms with Crippen LogP contribution in [0.2, 0.25) is 0 Å². The first-order valence-electron chi connectivity index (χ1n) is 5.25. The van der Waals surface area contributed by atoms with Crippen LogP contribution in [0.4, 0.5) is 4.39 Å². The summed E-state index contributed by atoms with van der Waals surface area (Å²) in [5, 5.41) is 3.00. The van der Waals surface area contributed by atoms with Gasteiger partial charge in [-0.2, -0.15) is 0 Å². The lowest BCUT2D eigenvalue weighted by atomic mass is 10.2. The molecule has 3 nitrogen and oxygen atoms in total. The highest BCUT2D eigenvalue weighted by Gasteiger charge is 2.10. The van der Waals surface area contributed by atoms with E-state index in [0.717, 1.165) is 6.54 Å². The zero-order valence-corrected chi connectivity index (χ0v) is 10.9. The van der Waals surface area contributed by atoms with Gasteiger partial charge in [-0.15, -0.1) is 0 Å². The van der Waals surface area contributed by atoms with Crippen molar-refractivity contribution in [2.75, 3.05) is 13.6 Å². The normalized spacial score (nSPS) is 10.8. The maximum Gasteiger partial charge on any atom is 0.196 e. The van der Waals surface area contributed by atoms with Crippen LogP contribution in [0, 0.1) is 5.82 Å². The molecule has 0 spiro atoms. The van der Waals surface area contributed by atoms with Crippen LogP contribution in [-0.4, -0.2) is 18.6 Å². The molecule has 2 rings (SSSR count). The number of hydrogen-bond acceptors (Lipinski definition) is 3. The molecule has 2 aromatic rings. The van der Waals surface area contributed by atoms with Crippen LogP contribution in [0.1, 0.15) is 5.89 Å². The number of likely N-dealkylation sites (N-methyl/N-ethyl adjacent to an activating group) is 1. The summed E-state index contributed by atoms with van der Waals surface area (Å²) in [6.07, 6.45) is 2.24. The SMILES string of the molecule is CNCCc1ncc(-c2ccc(Br)cc2F)o1. The van der Waals surface area contributed by atoms with E-state index in [2.05, 4.69) is 26.2 Å². The van der Waals surface area contributed by atoms with E-state index in [4.69, 9.17) is 4.42 Å². The number of halogens is 2. The molecule has 1 heterocycles. The maximum atomic E-state index is 13.7. The standard InChI is InChI=1S/C12H12BrFN2O/c1-15-5-4-12-16-7-11(17-12)9-3-2-8(13)6-10(9)14/h2-3,6-7,15H,4-5H2,1H3. The van der Waals surface area contributed by atoms with Crippen molar-refractivity contribution in [2.24, 2.45) is 0 Å². The summed E-state index contributed by atoms with van der Waals surface area (Å²) in [6.45, 7) is 0.781. The molecule has 0 fully saturated rings. The molecule has 0 radical (unpaired) electrons. The van der Waals surface area contributed by atoms with Gasteiger partial charge in [0.1, 0.15) is 5.82 Å². The second kappa shape index (κ2) is 5.42. The van der Waals surface area contributed by atoms with E-state index < -0.39 is 0 Å². The Hall–Kier alpha value is -1.20. The molecule has 1 aromatic heterocycles. The van der Waals surface area contributed by atoms with Crippen LogP contribution in [0.25, 0.3) is 11.3 Å². The summed E-state index contributed by atoms with van der Waals surface area (Å²) in [6, 6.07) is 4.85. The molecule has 1 aromatic carbocycles. The fourth-order valence-corrected chi connectivity index (χ4v) is 1.80. The van der Waals surface area contributed by atoms with Gasteiger partial charge in [0.05, 0.1) is 11.8 Å². The van der Waals surface area contributed by atoms with Gasteiger partial charge in [-0.05, 0) is 25.2 Å². The summed E-state index contributed by atoms with van der Waals surface area (Å²) in [7, 11) is 1.86. The summed E-state index contributed by atoms with van der Waals surface area (Å²) in [5.74, 6) is 0.744. The number of benzene rings is 1. The van der Waals surface area contributed by atoms with Crippen molar-refractivity contribution < 1.29 is 8.81 Å². The first-order chi connectivity index (χ1) is 8.20. The lowest BCUT2D eigenvalue weighted by Gasteiger charge is -1.99. The van der Waals surface area contributed by atoms with Crippen LogP contribution in [0.3, 0.4) is 0 Å². The van der Waals surface area contributed by atoms with Crippen LogP contribution < -0.4 is 5.32 Å². The zero-order chi connectivity index (χ0) is 12.3. The largest absolute Gasteiger partial charge is 0.441 e. The Bertz CT molecular complexity index is 513. The Morgan fingerprint density at radius 2 is 2.29 bits per heavy atom. The molecule has 0 saturated heterocycles. The summed E-state index contributed by atoms with van der Waals surface area (Å²) in [5.41, 5.74) is 0.427. The first kappa shape index (κ1) is 12.3. The van der Waals surface area contributed by atoms with E-state index in [-0.39, 0.29) is 5.82 Å². The van der Waals surface area contributed by atoms with Crippen molar-refractivity contribution in [2.45, 2.75) is 6.42 Å². The van der Waals surface area contributed by atoms with Gasteiger partial charge >= 0.3 is 0 Å². The van der Waals surface area contributed by atoms with Gasteiger partial charge in [0.2, 0.25) is 0 Å². The molecule has 17 heavy (non-hydrogen) atoms. The average Bonchev–Trinajstić information content (AvgIpc) is 2.75. The van der Waals surface area contributed by atoms with E-state index in [0.29, 0.717) is 28.1 Å². The molecular weight excluding hydrogens is 287 g/mol. The molecule has 90 valence electrons. The molecule has 5 heteroatoms. The molecule has 0 unspecified atom stereocenters. The Balaban J connectivity index is 2.24. The van der Waals surface area contributed by atoms with Crippen molar-refractivity contribution in [1.82, 2.24) is 10.3 Å². The monoisotopic (exact) mass is 298 g/mol. The van der Waals surface area contributed by atoms with Crippen LogP contribution in [0.5, 0.6) is 0 Å². The fourth-order valence-electron chi connectivity index (χ4n) is 1.47. The predicted molar refractivity (Wildman–Crippen MR) is 67.2 cm³/mol. The van der Waals surface area contributed by atoms with E-state index in [1.165, 1.54) is 6.07 Å². The van der Waals surface area contributed by atoms with Gasteiger partial charge < -0.3 is 9.73 Å². The van der Waals surface area contributed by atoms with Gasteiger partial charge in [-0.3, -0.25) is 0 Å². The van der Waals surface area contributed by atoms with Gasteiger partial charge in [0, 0.05) is 17.4 Å². The Labute approximate surface area is 107 Å². The highest BCUT2D eigenvalue weighted by Crippen LogP contribution is 2.26. The summed E-state index contributed by atoms with van der Waals surface area (Å²) in [4.78, 5) is 4.11. The van der Waals surface area contributed by atoms with Crippen molar-refractivity contribution >= 4 is 15.9 Å². The van der Waals surface area contributed by atoms with Crippen molar-refractivity contribution in [3.05, 3.63) is 40.6 Å². The highest BCUT2D eigenvalue weighted by molar-refractivity contribution is 9.10. The molecular formula is C12H12BrFN2O. The molecule has 0 aliphatic heterocycles. The van der Waals surface area contributed by atoms with Gasteiger partial charge in [-0.25, -0.2) is 9.37 Å². The highest BCUT2D eigenvalue weighted by atomic mass is 79.9. The first-order valence-corrected chi connectivity index (χ1v) is 6.04. The van der Waals surface area contributed by atoms with Crippen LogP contribution >= 0.6 is 15.9 Å². The van der Waals surface area contributed by atoms with Crippen molar-refractivity contribution in [1.29, 1.82) is 0 Å². The van der Waals surface area contributed by atoms with E-state index in [1.54, 1.807) is 18.3 Å². The van der Waals surface area contributed by atoms with E-state index >= 15 is 0 Å². The number of hydrogen-bond donors (Lipinski definition) is 1. The van der Waals surface area contributed by atoms with Gasteiger partial charge in [-0.1, -0.05) is 15.9 Å². The smallest absolute Gasteiger partial charge is 0.196 e. The van der Waals surface area contributed by atoms with Crippen molar-refractivity contribution in [3.8, 4) is 11.3 Å². The molecule has 0 bridgehead atoms. The van der Waals surface area contributed by atoms with Gasteiger partial charge in [0.25, 0.3) is 0 Å². The van der Waals surface area contributed by atoms with Crippen molar-refractivity contribution in [3.63, 3.8) is 0 Å². The quantitative estimate of drug-likeness (QED) is 0.943. The minimum Gasteiger partial charge on any atom is -0.441 e. The Morgan fingerprint density at radius 1 is 1.47 bits per heavy atom. The third kappa shape index (κ3) is 2.92. The lowest BCUT2D eigenvalue weighted by molar-refractivity contribution is 0.497. The number of oxazole rings is 1. The molecule has 0 saturated carbocycles. The summed E-state index contributed by atoms with van der Waals surface area (Å²) < 4.78 is 19.9. The second-order valence-electron chi connectivity index (χ2n) is 3.60. The predicted octanol–water partition coefficient (Wildman–Crippen LogP) is 3.01. The summed E-state index contributed by atoms with van der Waals surface area (Å²) >= 11 is 3.21. The minimum atomic E-state index is -0.323. The third-order valence-corrected chi connectivity index (χ3v) is 2.83. The zero-order valence-electron chi connectivity index (χ0n) is 9.34. The minimum absolute atomic E-state index is 0.323. The molecule has 0 aliphatic carbocycles. The number of nitrogens with zero attached hydrogens (tertiary/aromatic N) is 1. The second-order valence-corrected chi connectivity index (χ2v) is 4.51. The van der Waals surface area contributed by atoms with Crippen LogP contribution in [-0.2, 0) is 6.42 Å². The van der Waals surface area contributed by atoms with E-state index in [9.17, 15) is 4.39 Å². The maximum absolute atomic E-state index is 13.7. The molecule has 0 aliphatic rings. The number of rotatable bonds is 4. The lowest BCUT2D eigenvalue weighted by Crippen LogP contribution is -2.10. The topological polar surface area (TPSA) is 38.1 Å². The Kier molecular flexibility index (Phi) is 3.91. The van der Waals surface area contributed by atoms with Gasteiger partial charge in [0.15, 0.2) is 11.7 Å². The average molecular weight is 299 g/mol. The molecule has 1 N–H and O–H groups in total. The Morgan fingerprint density at radius 3 is 3.00 bits per heavy atom. The van der Waals surface area contributed by atoms with Crippen LogP contribution in [0.15, 0.2) is 33.3 Å². The fraction of sp³-hybridized carbons (Fsp3) is 0.250. The third-order valence-electron chi connectivity index (χ3n) is 2.34. The molecule has 0 amide bonds.